The number of carbonyl (C=O) groups excluding carboxylic acids is 2. The summed E-state index contributed by atoms with van der Waals surface area (Å²) < 4.78 is 7.25. The maximum Gasteiger partial charge on any atom is 0.274 e. The van der Waals surface area contributed by atoms with E-state index in [-0.39, 0.29) is 92.1 Å². The number of nitriles is 2. The molecule has 2 amide bonds. The smallest absolute Gasteiger partial charge is 0.274 e. The molecule has 4 rings (SSSR count). The Morgan fingerprint density at radius 2 is 1.16 bits per heavy atom. The number of hydrogen-bond acceptors (Lipinski definition) is 18. The molecule has 0 saturated heterocycles. The van der Waals surface area contributed by atoms with Crippen LogP contribution in [0.15, 0.2) is 79.6 Å². The van der Waals surface area contributed by atoms with Crippen molar-refractivity contribution in [3.8, 4) is 35.4 Å². The van der Waals surface area contributed by atoms with Gasteiger partial charge in [-0.1, -0.05) is 12.2 Å². The molecule has 1 radical (unpaired) electrons. The molecule has 24 nitrogen and oxygen atoms in total. The van der Waals surface area contributed by atoms with E-state index in [2.05, 4.69) is 44.2 Å². The number of phenolic OH excluding ortho intramolecular Hbond substituents is 2. The molecule has 2 heterocycles. The number of nitrogens with one attached hydrogen (secondary N) is 2. The second-order valence-electron chi connectivity index (χ2n) is 12.2. The Morgan fingerprint density at radius 3 is 1.53 bits per heavy atom. The monoisotopic (exact) mass is 897 g/mol. The van der Waals surface area contributed by atoms with E-state index in [0.717, 1.165) is 40.3 Å². The van der Waals surface area contributed by atoms with E-state index < -0.39 is 61.5 Å². The number of anilines is 2. The van der Waals surface area contributed by atoms with E-state index in [4.69, 9.17) is 4.74 Å². The number of phenols is 2. The van der Waals surface area contributed by atoms with Crippen LogP contribution < -0.4 is 26.5 Å². The normalized spacial score (nSPS) is 10.4. The topological polar surface area (TPSA) is 355 Å². The number of rotatable bonds is 13. The van der Waals surface area contributed by atoms with Crippen LogP contribution in [0.3, 0.4) is 0 Å². The zero-order valence-corrected chi connectivity index (χ0v) is 34.2. The number of nitrogens with zero attached hydrogens (tertiary/aromatic N) is 10. The summed E-state index contributed by atoms with van der Waals surface area (Å²) in [5.41, 5.74) is -4.03. The van der Waals surface area contributed by atoms with Crippen LogP contribution >= 0.6 is 0 Å². The maximum absolute atomic E-state index is 12.5. The Hall–Kier alpha value is -8.55. The molecule has 62 heavy (non-hydrogen) atoms. The van der Waals surface area contributed by atoms with Gasteiger partial charge in [0.2, 0.25) is 23.6 Å². The number of allylic oxidation sites excluding steroid dienone is 2. The van der Waals surface area contributed by atoms with Gasteiger partial charge in [-0.25, -0.2) is 0 Å². The summed E-state index contributed by atoms with van der Waals surface area (Å²) in [6.45, 7) is 12.1. The van der Waals surface area contributed by atoms with E-state index in [9.17, 15) is 65.3 Å². The molecule has 0 aliphatic carbocycles. The Labute approximate surface area is 359 Å². The zero-order valence-electron chi connectivity index (χ0n) is 33.1. The van der Waals surface area contributed by atoms with Gasteiger partial charge < -0.3 is 30.7 Å². The summed E-state index contributed by atoms with van der Waals surface area (Å²) in [6, 6.07) is 7.31. The average Bonchev–Trinajstić information content (AvgIpc) is 3.19. The van der Waals surface area contributed by atoms with Crippen LogP contribution in [0.1, 0.15) is 36.1 Å². The van der Waals surface area contributed by atoms with Gasteiger partial charge >= 0.3 is 0 Å². The second kappa shape index (κ2) is 21.4. The van der Waals surface area contributed by atoms with Crippen molar-refractivity contribution in [2.75, 3.05) is 17.7 Å². The fourth-order valence-corrected chi connectivity index (χ4v) is 5.25. The van der Waals surface area contributed by atoms with Crippen molar-refractivity contribution in [2.45, 2.75) is 40.8 Å². The first-order valence-corrected chi connectivity index (χ1v) is 17.0. The summed E-state index contributed by atoms with van der Waals surface area (Å²) in [5, 5.41) is 91.8. The first kappa shape index (κ1) is 49.6. The van der Waals surface area contributed by atoms with Crippen molar-refractivity contribution in [2.24, 2.45) is 20.5 Å². The predicted molar refractivity (Wildman–Crippen MR) is 215 cm³/mol. The maximum atomic E-state index is 12.5. The zero-order chi connectivity index (χ0) is 45.9. The van der Waals surface area contributed by atoms with Gasteiger partial charge in [-0.15, -0.1) is 33.6 Å². The van der Waals surface area contributed by atoms with Crippen molar-refractivity contribution in [3.63, 3.8) is 0 Å². The number of nitro benzene ring substituents is 2. The van der Waals surface area contributed by atoms with Crippen molar-refractivity contribution >= 4 is 57.3 Å². The van der Waals surface area contributed by atoms with Gasteiger partial charge in [0.05, 0.1) is 28.3 Å². The molecular formula is C37H34CoN12O12. The van der Waals surface area contributed by atoms with Gasteiger partial charge in [-0.3, -0.25) is 48.5 Å². The number of ether oxygens (including phenoxy) is 1. The summed E-state index contributed by atoms with van der Waals surface area (Å²) >= 11 is 0. The molecule has 0 fully saturated rings. The molecule has 0 atom stereocenters. The number of pyridine rings is 2. The number of hydrogen-bond donors (Lipinski definition) is 5. The standard InChI is InChI=1S/C19H18N6O6.C18H16N6O6.Co/c1-5-6-24-18(28)13(9-20)10(2)16(19(24)31-4)23-22-15-8-12(25(29)30)7-14(17(15)27)21-11(3)26;1-4-5-23-17(27)12(8-19)9(2)15(18(23)28)22-21-14-7-11(24(29)30)6-13(16(14)26)20-10(3)25;/h5,7-8,27H,1,6H2,2-4H3,(H,21,26);4,6-7,26,28H,1,5H2,2-3H3,(H,20,25);. The minimum atomic E-state index is -0.759. The number of aromatic nitrogens is 2. The Balaban J connectivity index is 0.000000420. The van der Waals surface area contributed by atoms with Crippen molar-refractivity contribution in [3.05, 3.63) is 113 Å². The van der Waals surface area contributed by atoms with E-state index >= 15 is 0 Å². The van der Waals surface area contributed by atoms with Gasteiger partial charge in [-0.05, 0) is 13.8 Å². The van der Waals surface area contributed by atoms with E-state index in [1.807, 2.05) is 6.07 Å². The van der Waals surface area contributed by atoms with E-state index in [1.54, 1.807) is 6.07 Å². The van der Waals surface area contributed by atoms with Crippen LogP contribution in [-0.4, -0.2) is 53.2 Å². The van der Waals surface area contributed by atoms with Crippen LogP contribution in [0.25, 0.3) is 0 Å². The van der Waals surface area contributed by atoms with Gasteiger partial charge in [0, 0.05) is 79.1 Å². The number of aromatic hydroxyl groups is 3. The van der Waals surface area contributed by atoms with Crippen molar-refractivity contribution in [1.82, 2.24) is 9.13 Å². The minimum absolute atomic E-state index is 0. The van der Waals surface area contributed by atoms with Gasteiger partial charge in [0.1, 0.15) is 34.6 Å². The summed E-state index contributed by atoms with van der Waals surface area (Å²) in [5.74, 6) is -2.93. The number of azo groups is 2. The van der Waals surface area contributed by atoms with Crippen LogP contribution in [0.5, 0.6) is 23.3 Å². The third-order valence-electron chi connectivity index (χ3n) is 8.04. The number of benzene rings is 2. The van der Waals surface area contributed by atoms with Crippen LogP contribution in [0.4, 0.5) is 45.5 Å². The molecule has 5 N–H and O–H groups in total. The van der Waals surface area contributed by atoms with Crippen LogP contribution in [-0.2, 0) is 39.5 Å². The summed E-state index contributed by atoms with van der Waals surface area (Å²) in [7, 11) is 1.29. The molecule has 0 spiro atoms. The van der Waals surface area contributed by atoms with E-state index in [1.165, 1.54) is 40.0 Å². The molecule has 2 aromatic carbocycles. The molecule has 0 bridgehead atoms. The van der Waals surface area contributed by atoms with Crippen LogP contribution in [0, 0.1) is 56.7 Å². The Morgan fingerprint density at radius 1 is 0.774 bits per heavy atom. The molecule has 323 valence electrons. The Kier molecular flexibility index (Phi) is 17.2. The number of nitro groups is 2. The van der Waals surface area contributed by atoms with Gasteiger partial charge in [0.25, 0.3) is 22.5 Å². The fourth-order valence-electron chi connectivity index (χ4n) is 5.25. The predicted octanol–water partition coefficient (Wildman–Crippen LogP) is 6.12. The first-order chi connectivity index (χ1) is 28.8. The first-order valence-electron chi connectivity index (χ1n) is 17.0. The Bertz CT molecular complexity index is 2780. The molecule has 0 unspecified atom stereocenters. The molecule has 2 aromatic heterocycles. The average molecular weight is 898 g/mol. The fraction of sp³-hybridized carbons (Fsp3) is 0.189. The molecule has 4 aromatic rings. The van der Waals surface area contributed by atoms with E-state index in [0.29, 0.717) is 0 Å². The summed E-state index contributed by atoms with van der Waals surface area (Å²) in [4.78, 5) is 68.3. The minimum Gasteiger partial charge on any atom is -0.504 e. The molecule has 0 aliphatic heterocycles. The SMILES string of the molecule is C=CCn1c(O)c(N=Nc2cc([N+](=O)[O-])cc(NC(C)=O)c2O)c(C)c(C#N)c1=O.C=CCn1c(OC)c(N=Nc2cc([N+](=O)[O-])cc(NC(C)=O)c2O)c(C)c(C#N)c1=O.[Co]. The van der Waals surface area contributed by atoms with Crippen LogP contribution in [0.2, 0.25) is 0 Å². The number of carbonyl (C=O) groups is 2. The third kappa shape index (κ3) is 10.9. The number of amides is 2. The van der Waals surface area contributed by atoms with Crippen molar-refractivity contribution in [1.29, 1.82) is 10.5 Å². The summed E-state index contributed by atoms with van der Waals surface area (Å²) in [6.07, 6.45) is 2.75. The molecule has 0 saturated carbocycles. The third-order valence-corrected chi connectivity index (χ3v) is 8.04. The number of methoxy groups -OCH3 is 1. The van der Waals surface area contributed by atoms with Gasteiger partial charge in [0.15, 0.2) is 22.9 Å². The van der Waals surface area contributed by atoms with Crippen molar-refractivity contribution < 1.29 is 56.3 Å². The molecule has 25 heteroatoms. The molecular weight excluding hydrogens is 863 g/mol. The quantitative estimate of drug-likeness (QED) is 0.0332. The second-order valence-corrected chi connectivity index (χ2v) is 12.2. The molecule has 0 aliphatic rings. The largest absolute Gasteiger partial charge is 0.504 e. The van der Waals surface area contributed by atoms with Gasteiger partial charge in [-0.2, -0.15) is 10.5 Å². The number of non-ortho nitro benzene ring substituents is 2.